The van der Waals surface area contributed by atoms with Crippen molar-refractivity contribution in [2.75, 3.05) is 0 Å². The molecule has 0 atom stereocenters. The highest BCUT2D eigenvalue weighted by Gasteiger charge is 2.17. The number of hydrogen-bond acceptors (Lipinski definition) is 3. The SMILES string of the molecule is O=C(OC1CCCCCCC1)c1ccccn1. The van der Waals surface area contributed by atoms with E-state index in [-0.39, 0.29) is 12.1 Å². The van der Waals surface area contributed by atoms with Crippen molar-refractivity contribution in [2.45, 2.75) is 51.0 Å². The maximum Gasteiger partial charge on any atom is 0.357 e. The molecule has 0 N–H and O–H groups in total. The second-order valence-corrected chi connectivity index (χ2v) is 4.59. The Morgan fingerprint density at radius 3 is 2.47 bits per heavy atom. The van der Waals surface area contributed by atoms with Crippen LogP contribution in [0.25, 0.3) is 0 Å². The number of rotatable bonds is 2. The zero-order valence-corrected chi connectivity index (χ0v) is 10.1. The number of aromatic nitrogens is 1. The number of ether oxygens (including phenoxy) is 1. The highest BCUT2D eigenvalue weighted by Crippen LogP contribution is 2.20. The minimum Gasteiger partial charge on any atom is -0.458 e. The Morgan fingerprint density at radius 1 is 1.12 bits per heavy atom. The van der Waals surface area contributed by atoms with Crippen LogP contribution in [0.3, 0.4) is 0 Å². The van der Waals surface area contributed by atoms with Crippen LogP contribution in [0.1, 0.15) is 55.4 Å². The molecule has 0 aromatic carbocycles. The maximum absolute atomic E-state index is 11.8. The average molecular weight is 233 g/mol. The van der Waals surface area contributed by atoms with E-state index in [0.717, 1.165) is 12.8 Å². The summed E-state index contributed by atoms with van der Waals surface area (Å²) in [5.74, 6) is -0.281. The molecule has 92 valence electrons. The van der Waals surface area contributed by atoms with Gasteiger partial charge in [0.05, 0.1) is 0 Å². The normalized spacial score (nSPS) is 18.1. The predicted molar refractivity (Wildman–Crippen MR) is 65.8 cm³/mol. The second kappa shape index (κ2) is 6.38. The molecule has 2 rings (SSSR count). The topological polar surface area (TPSA) is 39.2 Å². The minimum atomic E-state index is -0.281. The molecule has 0 saturated heterocycles. The van der Waals surface area contributed by atoms with E-state index in [4.69, 9.17) is 4.74 Å². The first-order valence-electron chi connectivity index (χ1n) is 6.48. The van der Waals surface area contributed by atoms with Crippen LogP contribution in [0.5, 0.6) is 0 Å². The van der Waals surface area contributed by atoms with Gasteiger partial charge in [-0.15, -0.1) is 0 Å². The van der Waals surface area contributed by atoms with Gasteiger partial charge >= 0.3 is 5.97 Å². The molecule has 3 nitrogen and oxygen atoms in total. The number of esters is 1. The Kier molecular flexibility index (Phi) is 4.54. The summed E-state index contributed by atoms with van der Waals surface area (Å²) in [6.07, 6.45) is 9.88. The fourth-order valence-corrected chi connectivity index (χ4v) is 2.23. The number of pyridine rings is 1. The highest BCUT2D eigenvalue weighted by molar-refractivity contribution is 5.87. The lowest BCUT2D eigenvalue weighted by atomic mass is 9.98. The average Bonchev–Trinajstić information content (AvgIpc) is 2.33. The lowest BCUT2D eigenvalue weighted by molar-refractivity contribution is 0.0232. The molecule has 0 unspecified atom stereocenters. The van der Waals surface area contributed by atoms with Gasteiger partial charge in [-0.2, -0.15) is 0 Å². The van der Waals surface area contributed by atoms with Crippen LogP contribution in [0.2, 0.25) is 0 Å². The van der Waals surface area contributed by atoms with Gasteiger partial charge in [-0.3, -0.25) is 0 Å². The molecule has 0 spiro atoms. The van der Waals surface area contributed by atoms with E-state index in [1.165, 1.54) is 32.1 Å². The van der Waals surface area contributed by atoms with Crippen molar-refractivity contribution in [3.8, 4) is 0 Å². The Hall–Kier alpha value is -1.38. The monoisotopic (exact) mass is 233 g/mol. The molecule has 1 aliphatic rings. The van der Waals surface area contributed by atoms with Crippen molar-refractivity contribution >= 4 is 5.97 Å². The first-order chi connectivity index (χ1) is 8.36. The van der Waals surface area contributed by atoms with E-state index in [2.05, 4.69) is 4.98 Å². The van der Waals surface area contributed by atoms with Crippen LogP contribution in [-0.2, 0) is 4.74 Å². The van der Waals surface area contributed by atoms with Crippen molar-refractivity contribution in [3.05, 3.63) is 30.1 Å². The van der Waals surface area contributed by atoms with E-state index in [1.54, 1.807) is 18.3 Å². The van der Waals surface area contributed by atoms with Crippen LogP contribution in [0.15, 0.2) is 24.4 Å². The molecule has 1 saturated carbocycles. The van der Waals surface area contributed by atoms with Gasteiger partial charge in [-0.25, -0.2) is 9.78 Å². The fourth-order valence-electron chi connectivity index (χ4n) is 2.23. The Labute approximate surface area is 102 Å². The van der Waals surface area contributed by atoms with Gasteiger partial charge in [0, 0.05) is 6.20 Å². The molecule has 0 aliphatic heterocycles. The third-order valence-corrected chi connectivity index (χ3v) is 3.20. The van der Waals surface area contributed by atoms with Gasteiger partial charge in [-0.05, 0) is 37.8 Å². The summed E-state index contributed by atoms with van der Waals surface area (Å²) in [4.78, 5) is 15.8. The molecule has 0 bridgehead atoms. The zero-order valence-electron chi connectivity index (χ0n) is 10.1. The van der Waals surface area contributed by atoms with Gasteiger partial charge < -0.3 is 4.74 Å². The van der Waals surface area contributed by atoms with Gasteiger partial charge in [-0.1, -0.05) is 25.3 Å². The lowest BCUT2D eigenvalue weighted by Crippen LogP contribution is -2.20. The highest BCUT2D eigenvalue weighted by atomic mass is 16.5. The van der Waals surface area contributed by atoms with E-state index in [1.807, 2.05) is 6.07 Å². The lowest BCUT2D eigenvalue weighted by Gasteiger charge is -2.19. The first-order valence-corrected chi connectivity index (χ1v) is 6.48. The number of hydrogen-bond donors (Lipinski definition) is 0. The summed E-state index contributed by atoms with van der Waals surface area (Å²) in [7, 11) is 0. The van der Waals surface area contributed by atoms with Crippen LogP contribution in [0, 0.1) is 0 Å². The third kappa shape index (κ3) is 3.84. The Balaban J connectivity index is 1.88. The van der Waals surface area contributed by atoms with Crippen LogP contribution in [-0.4, -0.2) is 17.1 Å². The summed E-state index contributed by atoms with van der Waals surface area (Å²) in [5, 5.41) is 0. The number of carbonyl (C=O) groups is 1. The zero-order chi connectivity index (χ0) is 11.9. The quantitative estimate of drug-likeness (QED) is 0.735. The second-order valence-electron chi connectivity index (χ2n) is 4.59. The van der Waals surface area contributed by atoms with Gasteiger partial charge in [0.1, 0.15) is 11.8 Å². The molecule has 0 radical (unpaired) electrons. The van der Waals surface area contributed by atoms with E-state index >= 15 is 0 Å². The molecule has 0 amide bonds. The molecule has 1 aliphatic carbocycles. The largest absolute Gasteiger partial charge is 0.458 e. The third-order valence-electron chi connectivity index (χ3n) is 3.20. The van der Waals surface area contributed by atoms with Crippen LogP contribution in [0.4, 0.5) is 0 Å². The van der Waals surface area contributed by atoms with Gasteiger partial charge in [0.2, 0.25) is 0 Å². The molecular formula is C14H19NO2. The van der Waals surface area contributed by atoms with E-state index < -0.39 is 0 Å². The van der Waals surface area contributed by atoms with Crippen LogP contribution >= 0.6 is 0 Å². The molecule has 1 heterocycles. The first kappa shape index (κ1) is 12.1. The molecule has 1 aromatic heterocycles. The van der Waals surface area contributed by atoms with Crippen molar-refractivity contribution in [2.24, 2.45) is 0 Å². The summed E-state index contributed by atoms with van der Waals surface area (Å²) in [6, 6.07) is 5.31. The van der Waals surface area contributed by atoms with Crippen molar-refractivity contribution in [1.29, 1.82) is 0 Å². The number of nitrogens with zero attached hydrogens (tertiary/aromatic N) is 1. The molecule has 3 heteroatoms. The molecular weight excluding hydrogens is 214 g/mol. The predicted octanol–water partition coefficient (Wildman–Crippen LogP) is 3.35. The van der Waals surface area contributed by atoms with E-state index in [9.17, 15) is 4.79 Å². The number of carbonyl (C=O) groups excluding carboxylic acids is 1. The summed E-state index contributed by atoms with van der Waals surface area (Å²) in [5.41, 5.74) is 0.412. The summed E-state index contributed by atoms with van der Waals surface area (Å²) >= 11 is 0. The molecule has 1 aromatic rings. The van der Waals surface area contributed by atoms with Gasteiger partial charge in [0.15, 0.2) is 0 Å². The molecule has 17 heavy (non-hydrogen) atoms. The fraction of sp³-hybridized carbons (Fsp3) is 0.571. The Morgan fingerprint density at radius 2 is 1.82 bits per heavy atom. The molecule has 1 fully saturated rings. The summed E-state index contributed by atoms with van der Waals surface area (Å²) < 4.78 is 5.51. The smallest absolute Gasteiger partial charge is 0.357 e. The van der Waals surface area contributed by atoms with Crippen LogP contribution < -0.4 is 0 Å². The van der Waals surface area contributed by atoms with Gasteiger partial charge in [0.25, 0.3) is 0 Å². The standard InChI is InChI=1S/C14H19NO2/c16-14(13-10-6-7-11-15-13)17-12-8-4-2-1-3-5-9-12/h6-7,10-12H,1-5,8-9H2. The maximum atomic E-state index is 11.8. The summed E-state index contributed by atoms with van der Waals surface area (Å²) in [6.45, 7) is 0. The minimum absolute atomic E-state index is 0.0878. The van der Waals surface area contributed by atoms with Crippen molar-refractivity contribution < 1.29 is 9.53 Å². The van der Waals surface area contributed by atoms with Crippen molar-refractivity contribution in [3.63, 3.8) is 0 Å². The Bertz CT molecular complexity index is 342. The van der Waals surface area contributed by atoms with Crippen molar-refractivity contribution in [1.82, 2.24) is 4.98 Å². The van der Waals surface area contributed by atoms with E-state index in [0.29, 0.717) is 5.69 Å².